The minimum absolute atomic E-state index is 0.619. The average molecular weight is 287 g/mol. The predicted molar refractivity (Wildman–Crippen MR) is 82.2 cm³/mol. The number of rotatable bonds is 2. The maximum absolute atomic E-state index is 4.77. The molecule has 0 radical (unpaired) electrons. The van der Waals surface area contributed by atoms with Crippen LogP contribution in [0.4, 0.5) is 0 Å². The third kappa shape index (κ3) is 2.30. The molecule has 0 saturated heterocycles. The van der Waals surface area contributed by atoms with Crippen LogP contribution in [0.15, 0.2) is 6.07 Å². The Balaban J connectivity index is 1.61. The normalized spacial score (nSPS) is 20.0. The standard InChI is InChI=1S/C16H21N3S/c1-2-8-12-10-14(20-13(12)9-3-1)16-17-15(18-19-16)11-6-4-5-7-11/h10-11H,1-9H2,(H,17,18,19). The van der Waals surface area contributed by atoms with E-state index in [9.17, 15) is 0 Å². The topological polar surface area (TPSA) is 41.6 Å². The summed E-state index contributed by atoms with van der Waals surface area (Å²) < 4.78 is 0. The van der Waals surface area contributed by atoms with Gasteiger partial charge in [0.1, 0.15) is 5.82 Å². The fourth-order valence-electron chi connectivity index (χ4n) is 3.54. The lowest BCUT2D eigenvalue weighted by Gasteiger charge is -2.01. The summed E-state index contributed by atoms with van der Waals surface area (Å²) in [6, 6.07) is 2.34. The highest BCUT2D eigenvalue weighted by molar-refractivity contribution is 7.15. The molecule has 1 fully saturated rings. The predicted octanol–water partition coefficient (Wildman–Crippen LogP) is 4.46. The van der Waals surface area contributed by atoms with Gasteiger partial charge < -0.3 is 0 Å². The molecule has 2 heterocycles. The van der Waals surface area contributed by atoms with Gasteiger partial charge in [0, 0.05) is 10.8 Å². The van der Waals surface area contributed by atoms with E-state index >= 15 is 0 Å². The molecule has 2 aromatic rings. The monoisotopic (exact) mass is 287 g/mol. The van der Waals surface area contributed by atoms with Crippen molar-refractivity contribution >= 4 is 11.3 Å². The zero-order chi connectivity index (χ0) is 13.4. The first-order chi connectivity index (χ1) is 9.90. The van der Waals surface area contributed by atoms with E-state index in [1.807, 2.05) is 11.3 Å². The Morgan fingerprint density at radius 2 is 1.90 bits per heavy atom. The zero-order valence-electron chi connectivity index (χ0n) is 11.8. The van der Waals surface area contributed by atoms with Crippen molar-refractivity contribution in [2.24, 2.45) is 0 Å². The summed E-state index contributed by atoms with van der Waals surface area (Å²) in [6.07, 6.45) is 11.8. The van der Waals surface area contributed by atoms with Crippen LogP contribution >= 0.6 is 11.3 Å². The molecule has 1 N–H and O–H groups in total. The van der Waals surface area contributed by atoms with Gasteiger partial charge in [-0.15, -0.1) is 11.3 Å². The van der Waals surface area contributed by atoms with Gasteiger partial charge in [0.2, 0.25) is 0 Å². The third-order valence-electron chi connectivity index (χ3n) is 4.71. The average Bonchev–Trinajstić information content (AvgIpc) is 3.16. The van der Waals surface area contributed by atoms with Crippen LogP contribution in [0.2, 0.25) is 0 Å². The number of nitrogens with one attached hydrogen (secondary N) is 1. The number of aromatic amines is 1. The van der Waals surface area contributed by atoms with Crippen LogP contribution in [0.3, 0.4) is 0 Å². The first kappa shape index (κ1) is 12.6. The highest BCUT2D eigenvalue weighted by atomic mass is 32.1. The summed E-state index contributed by atoms with van der Waals surface area (Å²) in [5.74, 6) is 2.65. The van der Waals surface area contributed by atoms with Gasteiger partial charge in [0.05, 0.1) is 4.88 Å². The molecule has 0 spiro atoms. The van der Waals surface area contributed by atoms with Crippen molar-refractivity contribution in [1.29, 1.82) is 0 Å². The summed E-state index contributed by atoms with van der Waals surface area (Å²) in [5, 5.41) is 7.66. The Kier molecular flexibility index (Phi) is 3.34. The smallest absolute Gasteiger partial charge is 0.191 e. The van der Waals surface area contributed by atoms with Crippen molar-refractivity contribution in [1.82, 2.24) is 15.2 Å². The van der Waals surface area contributed by atoms with E-state index in [0.717, 1.165) is 11.6 Å². The molecule has 4 heteroatoms. The summed E-state index contributed by atoms with van der Waals surface area (Å²) in [5.41, 5.74) is 1.55. The molecule has 2 aliphatic rings. The molecule has 0 unspecified atom stereocenters. The fraction of sp³-hybridized carbons (Fsp3) is 0.625. The van der Waals surface area contributed by atoms with Crippen LogP contribution in [0.1, 0.15) is 67.1 Å². The Bertz CT molecular complexity index is 569. The van der Waals surface area contributed by atoms with Crippen molar-refractivity contribution in [2.45, 2.75) is 63.7 Å². The quantitative estimate of drug-likeness (QED) is 0.829. The van der Waals surface area contributed by atoms with E-state index in [2.05, 4.69) is 16.3 Å². The van der Waals surface area contributed by atoms with Gasteiger partial charge in [-0.1, -0.05) is 19.3 Å². The third-order valence-corrected chi connectivity index (χ3v) is 5.94. The molecule has 20 heavy (non-hydrogen) atoms. The molecule has 0 aliphatic heterocycles. The molecule has 3 nitrogen and oxygen atoms in total. The van der Waals surface area contributed by atoms with Gasteiger partial charge in [-0.05, 0) is 50.2 Å². The lowest BCUT2D eigenvalue weighted by atomic mass is 10.1. The van der Waals surface area contributed by atoms with Gasteiger partial charge >= 0.3 is 0 Å². The molecule has 0 amide bonds. The molecule has 2 aromatic heterocycles. The molecule has 0 aromatic carbocycles. The molecule has 0 bridgehead atoms. The number of aryl methyl sites for hydroxylation is 2. The minimum Gasteiger partial charge on any atom is -0.262 e. The van der Waals surface area contributed by atoms with Crippen LogP contribution in [-0.4, -0.2) is 15.2 Å². The number of hydrogen-bond donors (Lipinski definition) is 1. The number of nitrogens with zero attached hydrogens (tertiary/aromatic N) is 2. The summed E-state index contributed by atoms with van der Waals surface area (Å²) >= 11 is 1.91. The molecule has 106 valence electrons. The highest BCUT2D eigenvalue weighted by Crippen LogP contribution is 2.36. The van der Waals surface area contributed by atoms with E-state index in [-0.39, 0.29) is 0 Å². The first-order valence-electron chi connectivity index (χ1n) is 7.94. The van der Waals surface area contributed by atoms with Crippen LogP contribution in [0.25, 0.3) is 10.7 Å². The van der Waals surface area contributed by atoms with Gasteiger partial charge in [-0.3, -0.25) is 5.10 Å². The van der Waals surface area contributed by atoms with E-state index in [1.54, 1.807) is 10.4 Å². The van der Waals surface area contributed by atoms with Gasteiger partial charge in [-0.2, -0.15) is 5.10 Å². The molecule has 1 saturated carbocycles. The second-order valence-electron chi connectivity index (χ2n) is 6.15. The summed E-state index contributed by atoms with van der Waals surface area (Å²) in [6.45, 7) is 0. The van der Waals surface area contributed by atoms with Crippen LogP contribution in [0, 0.1) is 0 Å². The number of aromatic nitrogens is 3. The summed E-state index contributed by atoms with van der Waals surface area (Å²) in [7, 11) is 0. The van der Waals surface area contributed by atoms with E-state index in [4.69, 9.17) is 4.98 Å². The van der Waals surface area contributed by atoms with Crippen LogP contribution in [-0.2, 0) is 12.8 Å². The Labute approximate surface area is 123 Å². The van der Waals surface area contributed by atoms with Crippen molar-refractivity contribution in [3.05, 3.63) is 22.3 Å². The van der Waals surface area contributed by atoms with E-state index in [1.165, 1.54) is 62.7 Å². The largest absolute Gasteiger partial charge is 0.262 e. The lowest BCUT2D eigenvalue weighted by molar-refractivity contribution is 0.672. The molecule has 0 atom stereocenters. The minimum atomic E-state index is 0.619. The SMILES string of the molecule is c1c(-c2n[nH]c(C3CCCC3)n2)sc2c1CCCCC2. The summed E-state index contributed by atoms with van der Waals surface area (Å²) in [4.78, 5) is 7.61. The van der Waals surface area contributed by atoms with Crippen LogP contribution in [0.5, 0.6) is 0 Å². The molecular weight excluding hydrogens is 266 g/mol. The van der Waals surface area contributed by atoms with E-state index < -0.39 is 0 Å². The maximum atomic E-state index is 4.77. The van der Waals surface area contributed by atoms with Crippen molar-refractivity contribution < 1.29 is 0 Å². The number of thiophene rings is 1. The van der Waals surface area contributed by atoms with Crippen molar-refractivity contribution in [3.63, 3.8) is 0 Å². The van der Waals surface area contributed by atoms with E-state index in [0.29, 0.717) is 5.92 Å². The molecule has 2 aliphatic carbocycles. The van der Waals surface area contributed by atoms with Crippen LogP contribution < -0.4 is 0 Å². The fourth-order valence-corrected chi connectivity index (χ4v) is 4.73. The number of fused-ring (bicyclic) bond motifs is 1. The Morgan fingerprint density at radius 1 is 1.05 bits per heavy atom. The van der Waals surface area contributed by atoms with Crippen molar-refractivity contribution in [3.8, 4) is 10.7 Å². The zero-order valence-corrected chi connectivity index (χ0v) is 12.6. The second kappa shape index (κ2) is 5.32. The number of H-pyrrole nitrogens is 1. The van der Waals surface area contributed by atoms with Gasteiger partial charge in [0.25, 0.3) is 0 Å². The van der Waals surface area contributed by atoms with Crippen molar-refractivity contribution in [2.75, 3.05) is 0 Å². The Hall–Kier alpha value is -1.16. The first-order valence-corrected chi connectivity index (χ1v) is 8.76. The second-order valence-corrected chi connectivity index (χ2v) is 7.28. The number of hydrogen-bond acceptors (Lipinski definition) is 3. The molecule has 4 rings (SSSR count). The highest BCUT2D eigenvalue weighted by Gasteiger charge is 2.22. The molecular formula is C16H21N3S. The lowest BCUT2D eigenvalue weighted by Crippen LogP contribution is -1.94. The van der Waals surface area contributed by atoms with Gasteiger partial charge in [-0.25, -0.2) is 4.98 Å². The van der Waals surface area contributed by atoms with Gasteiger partial charge in [0.15, 0.2) is 5.82 Å². The maximum Gasteiger partial charge on any atom is 0.191 e. The Morgan fingerprint density at radius 3 is 2.80 bits per heavy atom.